The summed E-state index contributed by atoms with van der Waals surface area (Å²) < 4.78 is 7.59. The fourth-order valence-corrected chi connectivity index (χ4v) is 4.62. The molecule has 154 valence electrons. The zero-order valence-electron chi connectivity index (χ0n) is 17.6. The number of ether oxygens (including phenoxy) is 1. The van der Waals surface area contributed by atoms with Crippen LogP contribution in [0.4, 0.5) is 0 Å². The molecule has 0 unspecified atom stereocenters. The van der Waals surface area contributed by atoms with Crippen molar-refractivity contribution >= 4 is 21.6 Å². The molecule has 4 aromatic rings. The minimum Gasteiger partial charge on any atom is -0.493 e. The Hall–Kier alpha value is -2.92. The highest BCUT2D eigenvalue weighted by atomic mass is 32.1. The maximum atomic E-state index is 13.2. The van der Waals surface area contributed by atoms with Crippen LogP contribution in [0.5, 0.6) is 5.75 Å². The first-order valence-electron chi connectivity index (χ1n) is 10.3. The Kier molecular flexibility index (Phi) is 6.00. The topological polar surface area (TPSA) is 44.1 Å². The van der Waals surface area contributed by atoms with Crippen molar-refractivity contribution in [3.63, 3.8) is 0 Å². The quantitative estimate of drug-likeness (QED) is 0.351. The number of nitrogens with zero attached hydrogens (tertiary/aromatic N) is 2. The predicted octanol–water partition coefficient (Wildman–Crippen LogP) is 5.91. The highest BCUT2D eigenvalue weighted by Crippen LogP contribution is 2.33. The van der Waals surface area contributed by atoms with Crippen LogP contribution in [0, 0.1) is 20.8 Å². The lowest BCUT2D eigenvalue weighted by atomic mass is 9.99. The summed E-state index contributed by atoms with van der Waals surface area (Å²) in [6.07, 6.45) is 3.42. The standard InChI is InChI=1S/C25H26N2O2S/c1-17-10-11-20(19(3)14-17)21-15-30-24-23(21)25(28)27(16-26-24)12-6-7-13-29-22-9-5-4-8-18(22)2/h4-5,8-11,14-16H,6-7,12-13H2,1-3H3. The number of hydrogen-bond acceptors (Lipinski definition) is 4. The number of hydrogen-bond donors (Lipinski definition) is 0. The third kappa shape index (κ3) is 4.17. The van der Waals surface area contributed by atoms with E-state index in [9.17, 15) is 4.79 Å². The number of para-hydroxylation sites is 1. The smallest absolute Gasteiger partial charge is 0.262 e. The molecule has 0 spiro atoms. The molecule has 30 heavy (non-hydrogen) atoms. The molecule has 0 saturated heterocycles. The molecule has 4 rings (SSSR count). The molecule has 0 aliphatic carbocycles. The van der Waals surface area contributed by atoms with Gasteiger partial charge in [0.25, 0.3) is 5.56 Å². The monoisotopic (exact) mass is 418 g/mol. The van der Waals surface area contributed by atoms with Crippen molar-refractivity contribution in [3.8, 4) is 16.9 Å². The van der Waals surface area contributed by atoms with Gasteiger partial charge in [-0.15, -0.1) is 11.3 Å². The van der Waals surface area contributed by atoms with E-state index in [1.165, 1.54) is 22.5 Å². The van der Waals surface area contributed by atoms with Crippen LogP contribution in [0.25, 0.3) is 21.3 Å². The van der Waals surface area contributed by atoms with Crippen LogP contribution in [0.3, 0.4) is 0 Å². The van der Waals surface area contributed by atoms with Crippen LogP contribution in [0.2, 0.25) is 0 Å². The Morgan fingerprint density at radius 2 is 1.83 bits per heavy atom. The summed E-state index contributed by atoms with van der Waals surface area (Å²) in [6, 6.07) is 14.4. The minimum atomic E-state index is 0.0380. The van der Waals surface area contributed by atoms with Crippen molar-refractivity contribution in [2.75, 3.05) is 6.61 Å². The summed E-state index contributed by atoms with van der Waals surface area (Å²) in [5.41, 5.74) is 5.67. The Balaban J connectivity index is 1.48. The van der Waals surface area contributed by atoms with Crippen LogP contribution in [-0.4, -0.2) is 16.2 Å². The molecule has 0 radical (unpaired) electrons. The van der Waals surface area contributed by atoms with Crippen molar-refractivity contribution < 1.29 is 4.74 Å². The zero-order chi connectivity index (χ0) is 21.1. The summed E-state index contributed by atoms with van der Waals surface area (Å²) in [5, 5.41) is 2.78. The van der Waals surface area contributed by atoms with Crippen molar-refractivity contribution in [1.82, 2.24) is 9.55 Å². The Morgan fingerprint density at radius 1 is 1.00 bits per heavy atom. The number of thiophene rings is 1. The van der Waals surface area contributed by atoms with Crippen molar-refractivity contribution in [3.05, 3.63) is 81.2 Å². The molecule has 0 amide bonds. The largest absolute Gasteiger partial charge is 0.493 e. The summed E-state index contributed by atoms with van der Waals surface area (Å²) in [6.45, 7) is 7.50. The van der Waals surface area contributed by atoms with Gasteiger partial charge in [-0.25, -0.2) is 4.98 Å². The Morgan fingerprint density at radius 3 is 2.63 bits per heavy atom. The molecule has 2 heterocycles. The van der Waals surface area contributed by atoms with E-state index in [-0.39, 0.29) is 5.56 Å². The third-order valence-corrected chi connectivity index (χ3v) is 6.26. The van der Waals surface area contributed by atoms with Crippen LogP contribution in [0.1, 0.15) is 29.5 Å². The van der Waals surface area contributed by atoms with Gasteiger partial charge in [0.2, 0.25) is 0 Å². The second-order valence-electron chi connectivity index (χ2n) is 7.71. The SMILES string of the molecule is Cc1ccc(-c2csc3ncn(CCCCOc4ccccc4C)c(=O)c23)c(C)c1. The van der Waals surface area contributed by atoms with E-state index in [2.05, 4.69) is 42.4 Å². The van der Waals surface area contributed by atoms with Crippen molar-refractivity contribution in [1.29, 1.82) is 0 Å². The van der Waals surface area contributed by atoms with Gasteiger partial charge >= 0.3 is 0 Å². The molecule has 0 saturated carbocycles. The Bertz CT molecular complexity index is 1240. The summed E-state index contributed by atoms with van der Waals surface area (Å²) >= 11 is 1.53. The second kappa shape index (κ2) is 8.84. The number of benzene rings is 2. The molecule has 5 heteroatoms. The summed E-state index contributed by atoms with van der Waals surface area (Å²) in [5.74, 6) is 0.925. The van der Waals surface area contributed by atoms with E-state index in [4.69, 9.17) is 4.74 Å². The van der Waals surface area contributed by atoms with Gasteiger partial charge in [-0.1, -0.05) is 42.0 Å². The molecule has 4 nitrogen and oxygen atoms in total. The molecule has 0 aliphatic heterocycles. The van der Waals surface area contributed by atoms with Gasteiger partial charge in [0, 0.05) is 17.5 Å². The highest BCUT2D eigenvalue weighted by Gasteiger charge is 2.14. The van der Waals surface area contributed by atoms with Gasteiger partial charge in [0.15, 0.2) is 0 Å². The normalized spacial score (nSPS) is 11.2. The van der Waals surface area contributed by atoms with Gasteiger partial charge in [0.05, 0.1) is 18.3 Å². The molecule has 0 bridgehead atoms. The molecule has 0 aliphatic rings. The lowest BCUT2D eigenvalue weighted by Gasteiger charge is -2.10. The van der Waals surface area contributed by atoms with E-state index in [1.54, 1.807) is 10.9 Å². The first-order valence-corrected chi connectivity index (χ1v) is 11.2. The van der Waals surface area contributed by atoms with Crippen LogP contribution >= 0.6 is 11.3 Å². The lowest BCUT2D eigenvalue weighted by molar-refractivity contribution is 0.301. The van der Waals surface area contributed by atoms with Crippen LogP contribution in [0.15, 0.2) is 59.0 Å². The van der Waals surface area contributed by atoms with Gasteiger partial charge in [-0.05, 0) is 56.4 Å². The van der Waals surface area contributed by atoms with Gasteiger partial charge in [-0.3, -0.25) is 9.36 Å². The highest BCUT2D eigenvalue weighted by molar-refractivity contribution is 7.17. The molecular weight excluding hydrogens is 392 g/mol. The molecule has 2 aromatic carbocycles. The minimum absolute atomic E-state index is 0.0380. The first kappa shape index (κ1) is 20.4. The van der Waals surface area contributed by atoms with Crippen molar-refractivity contribution in [2.24, 2.45) is 0 Å². The second-order valence-corrected chi connectivity index (χ2v) is 8.57. The van der Waals surface area contributed by atoms with Gasteiger partial charge in [-0.2, -0.15) is 0 Å². The number of rotatable bonds is 7. The van der Waals surface area contributed by atoms with Crippen LogP contribution < -0.4 is 10.3 Å². The van der Waals surface area contributed by atoms with Gasteiger partial charge < -0.3 is 4.74 Å². The number of fused-ring (bicyclic) bond motifs is 1. The third-order valence-electron chi connectivity index (χ3n) is 5.38. The van der Waals surface area contributed by atoms with Crippen LogP contribution in [-0.2, 0) is 6.54 Å². The lowest BCUT2D eigenvalue weighted by Crippen LogP contribution is -2.20. The predicted molar refractivity (Wildman–Crippen MR) is 125 cm³/mol. The van der Waals surface area contributed by atoms with E-state index < -0.39 is 0 Å². The fraction of sp³-hybridized carbons (Fsp3) is 0.280. The number of unbranched alkanes of at least 4 members (excludes halogenated alkanes) is 1. The number of aryl methyl sites for hydroxylation is 4. The van der Waals surface area contributed by atoms with Gasteiger partial charge in [0.1, 0.15) is 10.6 Å². The summed E-state index contributed by atoms with van der Waals surface area (Å²) in [4.78, 5) is 18.5. The van der Waals surface area contributed by atoms with Crippen molar-refractivity contribution in [2.45, 2.75) is 40.2 Å². The first-order chi connectivity index (χ1) is 14.5. The molecule has 2 aromatic heterocycles. The van der Waals surface area contributed by atoms with E-state index in [0.717, 1.165) is 45.5 Å². The summed E-state index contributed by atoms with van der Waals surface area (Å²) in [7, 11) is 0. The molecular formula is C25H26N2O2S. The fourth-order valence-electron chi connectivity index (χ4n) is 3.73. The molecule has 0 N–H and O–H groups in total. The molecule has 0 atom stereocenters. The maximum Gasteiger partial charge on any atom is 0.262 e. The maximum absolute atomic E-state index is 13.2. The Labute approximate surface area is 180 Å². The average Bonchev–Trinajstić information content (AvgIpc) is 3.15. The van der Waals surface area contributed by atoms with E-state index >= 15 is 0 Å². The zero-order valence-corrected chi connectivity index (χ0v) is 18.5. The number of aromatic nitrogens is 2. The average molecular weight is 419 g/mol. The van der Waals surface area contributed by atoms with E-state index in [0.29, 0.717) is 13.2 Å². The molecule has 0 fully saturated rings. The van der Waals surface area contributed by atoms with E-state index in [1.807, 2.05) is 31.2 Å².